The van der Waals surface area contributed by atoms with Crippen molar-refractivity contribution in [2.75, 3.05) is 6.54 Å². The summed E-state index contributed by atoms with van der Waals surface area (Å²) in [4.78, 5) is 1.24. The quantitative estimate of drug-likeness (QED) is 0.779. The van der Waals surface area contributed by atoms with Crippen molar-refractivity contribution in [3.05, 3.63) is 22.4 Å². The zero-order valence-electron chi connectivity index (χ0n) is 7.92. The number of rotatable bonds is 5. The van der Waals surface area contributed by atoms with Gasteiger partial charge in [-0.1, -0.05) is 13.0 Å². The van der Waals surface area contributed by atoms with Gasteiger partial charge in [0.05, 0.1) is 0 Å². The molecule has 0 aromatic carbocycles. The van der Waals surface area contributed by atoms with Crippen LogP contribution in [0.5, 0.6) is 0 Å². The Hall–Kier alpha value is -0.410. The lowest BCUT2D eigenvalue weighted by Crippen LogP contribution is -2.32. The van der Waals surface area contributed by atoms with Crippen LogP contribution in [0.2, 0.25) is 0 Å². The first-order valence-electron chi connectivity index (χ1n) is 4.61. The van der Waals surface area contributed by atoms with Gasteiger partial charge in [-0.15, -0.1) is 11.3 Å². The smallest absolute Gasteiger partial charge is 0.123 e. The normalized spacial score (nSPS) is 15.6. The van der Waals surface area contributed by atoms with Crippen molar-refractivity contribution in [3.8, 4) is 0 Å². The Balaban J connectivity index is 2.41. The molecular weight excluding hydrogens is 185 g/mol. The van der Waals surface area contributed by atoms with Gasteiger partial charge >= 0.3 is 0 Å². The third-order valence-electron chi connectivity index (χ3n) is 2.40. The van der Waals surface area contributed by atoms with Crippen LogP contribution in [0.4, 0.5) is 4.39 Å². The Morgan fingerprint density at radius 1 is 1.62 bits per heavy atom. The number of nitrogens with two attached hydrogens (primary N) is 1. The molecule has 1 unspecified atom stereocenters. The van der Waals surface area contributed by atoms with Gasteiger partial charge in [-0.2, -0.15) is 0 Å². The second kappa shape index (κ2) is 4.72. The first-order chi connectivity index (χ1) is 6.20. The first-order valence-corrected chi connectivity index (χ1v) is 5.49. The molecule has 0 amide bonds. The molecule has 1 aromatic rings. The van der Waals surface area contributed by atoms with Gasteiger partial charge in [-0.3, -0.25) is 0 Å². The molecule has 0 spiro atoms. The van der Waals surface area contributed by atoms with Crippen LogP contribution in [-0.4, -0.2) is 12.2 Å². The molecule has 1 nitrogen and oxygen atoms in total. The molecule has 3 heteroatoms. The number of halogens is 1. The number of aryl methyl sites for hydroxylation is 1. The average Bonchev–Trinajstić information content (AvgIpc) is 2.67. The van der Waals surface area contributed by atoms with E-state index in [9.17, 15) is 4.39 Å². The minimum atomic E-state index is -1.16. The largest absolute Gasteiger partial charge is 0.328 e. The summed E-state index contributed by atoms with van der Waals surface area (Å²) in [5.41, 5.74) is 4.22. The molecule has 0 aliphatic carbocycles. The van der Waals surface area contributed by atoms with Crippen LogP contribution in [-0.2, 0) is 6.42 Å². The van der Waals surface area contributed by atoms with Crippen LogP contribution in [0, 0.1) is 0 Å². The average molecular weight is 201 g/mol. The zero-order valence-corrected chi connectivity index (χ0v) is 8.74. The summed E-state index contributed by atoms with van der Waals surface area (Å²) < 4.78 is 13.7. The summed E-state index contributed by atoms with van der Waals surface area (Å²) >= 11 is 1.68. The Bertz CT molecular complexity index is 229. The summed E-state index contributed by atoms with van der Waals surface area (Å²) in [7, 11) is 0. The summed E-state index contributed by atoms with van der Waals surface area (Å²) in [6.45, 7) is 1.98. The number of alkyl halides is 1. The van der Waals surface area contributed by atoms with Crippen molar-refractivity contribution in [2.24, 2.45) is 5.73 Å². The van der Waals surface area contributed by atoms with Crippen LogP contribution < -0.4 is 5.73 Å². The highest BCUT2D eigenvalue weighted by Crippen LogP contribution is 2.23. The van der Waals surface area contributed by atoms with Crippen molar-refractivity contribution in [1.82, 2.24) is 0 Å². The van der Waals surface area contributed by atoms with E-state index in [-0.39, 0.29) is 6.54 Å². The van der Waals surface area contributed by atoms with E-state index in [0.717, 1.165) is 6.42 Å². The van der Waals surface area contributed by atoms with E-state index in [1.54, 1.807) is 11.3 Å². The number of hydrogen-bond donors (Lipinski definition) is 1. The van der Waals surface area contributed by atoms with Crippen molar-refractivity contribution < 1.29 is 4.39 Å². The van der Waals surface area contributed by atoms with E-state index < -0.39 is 5.67 Å². The van der Waals surface area contributed by atoms with Crippen LogP contribution in [0.3, 0.4) is 0 Å². The van der Waals surface area contributed by atoms with E-state index in [0.29, 0.717) is 12.8 Å². The third kappa shape index (κ3) is 3.08. The molecule has 13 heavy (non-hydrogen) atoms. The van der Waals surface area contributed by atoms with Crippen molar-refractivity contribution in [3.63, 3.8) is 0 Å². The van der Waals surface area contributed by atoms with Crippen molar-refractivity contribution >= 4 is 11.3 Å². The minimum absolute atomic E-state index is 0.134. The molecule has 0 bridgehead atoms. The SMILES string of the molecule is CCC(F)(CN)CCc1cccs1. The lowest BCUT2D eigenvalue weighted by molar-refractivity contribution is 0.154. The maximum absolute atomic E-state index is 13.7. The second-order valence-electron chi connectivity index (χ2n) is 3.29. The van der Waals surface area contributed by atoms with Crippen molar-refractivity contribution in [2.45, 2.75) is 31.9 Å². The lowest BCUT2D eigenvalue weighted by atomic mass is 9.96. The summed E-state index contributed by atoms with van der Waals surface area (Å²) in [5.74, 6) is 0. The minimum Gasteiger partial charge on any atom is -0.328 e. The van der Waals surface area contributed by atoms with E-state index in [4.69, 9.17) is 5.73 Å². The topological polar surface area (TPSA) is 26.0 Å². The molecule has 1 heterocycles. The molecule has 2 N–H and O–H groups in total. The standard InChI is InChI=1S/C10H16FNS/c1-2-10(11,8-12)6-5-9-4-3-7-13-9/h3-4,7H,2,5-6,8,12H2,1H3. The molecule has 0 aliphatic heterocycles. The molecule has 74 valence electrons. The van der Waals surface area contributed by atoms with Gasteiger partial charge in [0.15, 0.2) is 0 Å². The van der Waals surface area contributed by atoms with Gasteiger partial charge in [-0.05, 0) is 30.7 Å². The van der Waals surface area contributed by atoms with Crippen LogP contribution >= 0.6 is 11.3 Å². The molecule has 1 atom stereocenters. The maximum Gasteiger partial charge on any atom is 0.123 e. The van der Waals surface area contributed by atoms with Crippen LogP contribution in [0.15, 0.2) is 17.5 Å². The fourth-order valence-corrected chi connectivity index (χ4v) is 1.93. The Morgan fingerprint density at radius 2 is 2.38 bits per heavy atom. The zero-order chi connectivity index (χ0) is 9.73. The van der Waals surface area contributed by atoms with E-state index in [1.807, 2.05) is 24.4 Å². The second-order valence-corrected chi connectivity index (χ2v) is 4.32. The summed E-state index contributed by atoms with van der Waals surface area (Å²) in [6.07, 6.45) is 1.86. The maximum atomic E-state index is 13.7. The van der Waals surface area contributed by atoms with Gasteiger partial charge in [0.2, 0.25) is 0 Å². The molecule has 0 saturated heterocycles. The third-order valence-corrected chi connectivity index (χ3v) is 3.34. The molecule has 0 radical (unpaired) electrons. The molecule has 0 aliphatic rings. The van der Waals surface area contributed by atoms with Gasteiger partial charge < -0.3 is 5.73 Å². The predicted octanol–water partition coefficient (Wildman–Crippen LogP) is 2.76. The monoisotopic (exact) mass is 201 g/mol. The fraction of sp³-hybridized carbons (Fsp3) is 0.600. The summed E-state index contributed by atoms with van der Waals surface area (Å²) in [5, 5.41) is 2.02. The highest BCUT2D eigenvalue weighted by atomic mass is 32.1. The summed E-state index contributed by atoms with van der Waals surface area (Å²) in [6, 6.07) is 4.03. The molecule has 0 fully saturated rings. The van der Waals surface area contributed by atoms with E-state index >= 15 is 0 Å². The Labute approximate surface area is 82.8 Å². The molecule has 1 aromatic heterocycles. The van der Waals surface area contributed by atoms with Gasteiger partial charge in [0.25, 0.3) is 0 Å². The van der Waals surface area contributed by atoms with Crippen LogP contribution in [0.1, 0.15) is 24.6 Å². The van der Waals surface area contributed by atoms with E-state index in [1.165, 1.54) is 4.88 Å². The number of thiophene rings is 1. The predicted molar refractivity (Wildman–Crippen MR) is 55.8 cm³/mol. The highest BCUT2D eigenvalue weighted by molar-refractivity contribution is 7.09. The van der Waals surface area contributed by atoms with Crippen LogP contribution in [0.25, 0.3) is 0 Å². The number of hydrogen-bond acceptors (Lipinski definition) is 2. The highest BCUT2D eigenvalue weighted by Gasteiger charge is 2.24. The molecule has 1 rings (SSSR count). The van der Waals surface area contributed by atoms with Gasteiger partial charge in [0, 0.05) is 11.4 Å². The fourth-order valence-electron chi connectivity index (χ4n) is 1.23. The van der Waals surface area contributed by atoms with Crippen molar-refractivity contribution in [1.29, 1.82) is 0 Å². The Kier molecular flexibility index (Phi) is 3.88. The first kappa shape index (κ1) is 10.7. The molecule has 0 saturated carbocycles. The van der Waals surface area contributed by atoms with E-state index in [2.05, 4.69) is 0 Å². The van der Waals surface area contributed by atoms with Gasteiger partial charge in [0.1, 0.15) is 5.67 Å². The lowest BCUT2D eigenvalue weighted by Gasteiger charge is -2.20. The van der Waals surface area contributed by atoms with Gasteiger partial charge in [-0.25, -0.2) is 4.39 Å². The molecular formula is C10H16FNS. The Morgan fingerprint density at radius 3 is 2.85 bits per heavy atom.